The number of quaternary nitrogens is 1. The fraction of sp³-hybridized carbons (Fsp3) is 0.400. The smallest absolute Gasteiger partial charge is 0.365 e. The number of fused-ring (bicyclic) bond motifs is 1. The number of urea groups is 1. The predicted octanol–water partition coefficient (Wildman–Crippen LogP) is -1.38. The summed E-state index contributed by atoms with van der Waals surface area (Å²) in [4.78, 5) is 35.9. The minimum absolute atomic E-state index is 0.0293. The first-order valence-electron chi connectivity index (χ1n) is 7.06. The van der Waals surface area contributed by atoms with Crippen LogP contribution in [0, 0.1) is 0 Å². The largest absolute Gasteiger partial charge is 0.465 e. The number of carbonyl (C=O) groups excluding carboxylic acids is 3. The Bertz CT molecular complexity index is 588. The van der Waals surface area contributed by atoms with Crippen LogP contribution in [0.4, 0.5) is 4.79 Å². The number of imide groups is 1. The van der Waals surface area contributed by atoms with Gasteiger partial charge in [0.05, 0.1) is 7.11 Å². The first-order valence-corrected chi connectivity index (χ1v) is 7.06. The lowest BCUT2D eigenvalue weighted by Crippen LogP contribution is -3.17. The summed E-state index contributed by atoms with van der Waals surface area (Å²) in [6.45, 7) is 0.568. The molecule has 1 unspecified atom stereocenters. The van der Waals surface area contributed by atoms with Crippen LogP contribution in [0.25, 0.3) is 0 Å². The van der Waals surface area contributed by atoms with Gasteiger partial charge in [0.25, 0.3) is 5.91 Å². The molecule has 2 atom stereocenters. The number of esters is 1. The quantitative estimate of drug-likeness (QED) is 0.601. The molecule has 1 aromatic rings. The molecule has 1 aromatic carbocycles. The highest BCUT2D eigenvalue weighted by Crippen LogP contribution is 2.14. The van der Waals surface area contributed by atoms with Crippen LogP contribution in [0.15, 0.2) is 24.3 Å². The fourth-order valence-electron chi connectivity index (χ4n) is 2.68. The summed E-state index contributed by atoms with van der Waals surface area (Å²) >= 11 is 0. The van der Waals surface area contributed by atoms with Gasteiger partial charge in [-0.3, -0.25) is 10.1 Å². The van der Waals surface area contributed by atoms with Crippen molar-refractivity contribution in [1.29, 1.82) is 0 Å². The molecule has 118 valence electrons. The molecule has 7 heteroatoms. The molecule has 0 saturated carbocycles. The van der Waals surface area contributed by atoms with E-state index in [2.05, 4.69) is 10.6 Å². The number of nitrogens with one attached hydrogen (secondary N) is 3. The minimum Gasteiger partial charge on any atom is -0.465 e. The zero-order chi connectivity index (χ0) is 16.1. The Hall–Kier alpha value is -2.41. The average molecular weight is 306 g/mol. The molecule has 0 bridgehead atoms. The maximum Gasteiger partial charge on any atom is 0.365 e. The Morgan fingerprint density at radius 3 is 2.59 bits per heavy atom. The summed E-state index contributed by atoms with van der Waals surface area (Å²) in [7, 11) is 2.77. The highest BCUT2D eigenvalue weighted by Gasteiger charge is 2.37. The van der Waals surface area contributed by atoms with Crippen LogP contribution >= 0.6 is 0 Å². The van der Waals surface area contributed by atoms with Gasteiger partial charge in [-0.1, -0.05) is 24.3 Å². The Balaban J connectivity index is 2.14. The summed E-state index contributed by atoms with van der Waals surface area (Å²) < 4.78 is 4.85. The monoisotopic (exact) mass is 306 g/mol. The topological polar surface area (TPSA) is 88.9 Å². The second-order valence-corrected chi connectivity index (χ2v) is 5.19. The Morgan fingerprint density at radius 2 is 1.95 bits per heavy atom. The molecule has 3 amide bonds. The molecule has 0 fully saturated rings. The van der Waals surface area contributed by atoms with Crippen LogP contribution in [0.3, 0.4) is 0 Å². The van der Waals surface area contributed by atoms with E-state index in [0.717, 1.165) is 16.0 Å². The first kappa shape index (κ1) is 16.0. The van der Waals surface area contributed by atoms with E-state index in [1.165, 1.54) is 14.2 Å². The molecule has 1 aliphatic heterocycles. The molecule has 1 heterocycles. The zero-order valence-electron chi connectivity index (χ0n) is 12.6. The number of hydrogen-bond donors (Lipinski definition) is 3. The molecule has 7 nitrogen and oxygen atoms in total. The minimum atomic E-state index is -0.559. The number of hydrogen-bond acceptors (Lipinski definition) is 4. The highest BCUT2D eigenvalue weighted by molar-refractivity contribution is 5.94. The maximum absolute atomic E-state index is 12.0. The van der Waals surface area contributed by atoms with E-state index in [1.807, 2.05) is 24.3 Å². The Morgan fingerprint density at radius 1 is 1.27 bits per heavy atom. The lowest BCUT2D eigenvalue weighted by atomic mass is 9.94. The molecular formula is C15H20N3O4+. The van der Waals surface area contributed by atoms with Crippen molar-refractivity contribution in [2.24, 2.45) is 0 Å². The van der Waals surface area contributed by atoms with Crippen molar-refractivity contribution in [1.82, 2.24) is 10.6 Å². The average Bonchev–Trinajstić information content (AvgIpc) is 2.53. The van der Waals surface area contributed by atoms with Crippen molar-refractivity contribution in [2.45, 2.75) is 19.0 Å². The third-order valence-corrected chi connectivity index (χ3v) is 3.81. The van der Waals surface area contributed by atoms with Crippen LogP contribution in [0.5, 0.6) is 0 Å². The van der Waals surface area contributed by atoms with Gasteiger partial charge in [-0.05, 0) is 5.56 Å². The summed E-state index contributed by atoms with van der Waals surface area (Å²) in [6, 6.07) is 6.81. The first-order chi connectivity index (χ1) is 10.5. The van der Waals surface area contributed by atoms with Crippen LogP contribution < -0.4 is 15.5 Å². The summed E-state index contributed by atoms with van der Waals surface area (Å²) in [5, 5.41) is 4.54. The van der Waals surface area contributed by atoms with Crippen molar-refractivity contribution < 1.29 is 24.0 Å². The van der Waals surface area contributed by atoms with Gasteiger partial charge in [0, 0.05) is 19.0 Å². The molecule has 0 spiro atoms. The molecule has 0 aliphatic carbocycles. The lowest BCUT2D eigenvalue weighted by Gasteiger charge is -2.31. The molecule has 0 radical (unpaired) electrons. The summed E-state index contributed by atoms with van der Waals surface area (Å²) in [5.74, 6) is -0.778. The normalized spacial score (nSPS) is 19.7. The second-order valence-electron chi connectivity index (χ2n) is 5.19. The highest BCUT2D eigenvalue weighted by atomic mass is 16.5. The van der Waals surface area contributed by atoms with Gasteiger partial charge in [-0.15, -0.1) is 0 Å². The fourth-order valence-corrected chi connectivity index (χ4v) is 2.68. The predicted molar refractivity (Wildman–Crippen MR) is 78.1 cm³/mol. The van der Waals surface area contributed by atoms with Gasteiger partial charge in [0.1, 0.15) is 6.54 Å². The van der Waals surface area contributed by atoms with E-state index in [-0.39, 0.29) is 12.5 Å². The molecule has 2 rings (SSSR count). The summed E-state index contributed by atoms with van der Waals surface area (Å²) in [5.41, 5.74) is 2.19. The van der Waals surface area contributed by atoms with Crippen molar-refractivity contribution in [3.8, 4) is 0 Å². The number of amides is 3. The zero-order valence-corrected chi connectivity index (χ0v) is 12.6. The molecule has 1 aliphatic rings. The molecule has 0 aromatic heterocycles. The molecule has 0 saturated heterocycles. The second kappa shape index (κ2) is 7.04. The van der Waals surface area contributed by atoms with Gasteiger partial charge in [-0.2, -0.15) is 0 Å². The number of methoxy groups -OCH3 is 1. The SMILES string of the molecule is CNC(=O)NC(=O)C[NH+]1Cc2ccccc2C[C@H]1C(=O)OC. The maximum atomic E-state index is 12.0. The van der Waals surface area contributed by atoms with Crippen LogP contribution in [0.2, 0.25) is 0 Å². The Kier molecular flexibility index (Phi) is 5.11. The van der Waals surface area contributed by atoms with Gasteiger partial charge in [0.15, 0.2) is 12.6 Å². The number of benzene rings is 1. The number of carbonyl (C=O) groups is 3. The van der Waals surface area contributed by atoms with E-state index in [1.54, 1.807) is 0 Å². The Labute approximate surface area is 128 Å². The van der Waals surface area contributed by atoms with E-state index in [9.17, 15) is 14.4 Å². The third kappa shape index (κ3) is 3.62. The van der Waals surface area contributed by atoms with Gasteiger partial charge in [0.2, 0.25) is 0 Å². The standard InChI is InChI=1S/C15H19N3O4/c1-16-15(21)17-13(19)9-18-8-11-6-4-3-5-10(11)7-12(18)14(20)22-2/h3-6,12H,7-9H2,1-2H3,(H2,16,17,19,21)/p+1/t12-/m0/s1. The molecule has 22 heavy (non-hydrogen) atoms. The van der Waals surface area contributed by atoms with Crippen LogP contribution in [-0.2, 0) is 27.3 Å². The van der Waals surface area contributed by atoms with Crippen LogP contribution in [-0.4, -0.2) is 44.7 Å². The van der Waals surface area contributed by atoms with Crippen molar-refractivity contribution in [3.63, 3.8) is 0 Å². The van der Waals surface area contributed by atoms with Gasteiger partial charge < -0.3 is 15.0 Å². The van der Waals surface area contributed by atoms with Crippen molar-refractivity contribution in [2.75, 3.05) is 20.7 Å². The van der Waals surface area contributed by atoms with E-state index >= 15 is 0 Å². The van der Waals surface area contributed by atoms with Crippen molar-refractivity contribution in [3.05, 3.63) is 35.4 Å². The third-order valence-electron chi connectivity index (χ3n) is 3.81. The van der Waals surface area contributed by atoms with Crippen molar-refractivity contribution >= 4 is 17.9 Å². The lowest BCUT2D eigenvalue weighted by molar-refractivity contribution is -0.924. The number of rotatable bonds is 3. The van der Waals surface area contributed by atoms with E-state index in [4.69, 9.17) is 4.74 Å². The van der Waals surface area contributed by atoms with E-state index < -0.39 is 18.0 Å². The van der Waals surface area contributed by atoms with E-state index in [0.29, 0.717) is 13.0 Å². The summed E-state index contributed by atoms with van der Waals surface area (Å²) in [6.07, 6.45) is 0.519. The van der Waals surface area contributed by atoms with Gasteiger partial charge >= 0.3 is 12.0 Å². The van der Waals surface area contributed by atoms with Gasteiger partial charge in [-0.25, -0.2) is 9.59 Å². The molecular weight excluding hydrogens is 286 g/mol. The van der Waals surface area contributed by atoms with Crippen LogP contribution in [0.1, 0.15) is 11.1 Å². The molecule has 3 N–H and O–H groups in total. The number of ether oxygens (including phenoxy) is 1.